The summed E-state index contributed by atoms with van der Waals surface area (Å²) in [6, 6.07) is 0. The number of carbonyl (C=O) groups excluding carboxylic acids is 1. The molecule has 0 spiro atoms. The zero-order valence-electron chi connectivity index (χ0n) is 8.99. The number of carbonyl (C=O) groups is 1. The highest BCUT2D eigenvalue weighted by Gasteiger charge is 2.30. The third kappa shape index (κ3) is 3.61. The van der Waals surface area contributed by atoms with Crippen LogP contribution in [0, 0.1) is 0 Å². The van der Waals surface area contributed by atoms with Crippen molar-refractivity contribution in [3.05, 3.63) is 0 Å². The second-order valence-electron chi connectivity index (χ2n) is 4.07. The molecule has 0 aromatic rings. The van der Waals surface area contributed by atoms with E-state index in [1.807, 2.05) is 0 Å². The van der Waals surface area contributed by atoms with Crippen LogP contribution in [-0.4, -0.2) is 64.3 Å². The summed E-state index contributed by atoms with van der Waals surface area (Å²) >= 11 is 0. The Morgan fingerprint density at radius 3 is 2.86 bits per heavy atom. The zero-order valence-corrected chi connectivity index (χ0v) is 8.99. The largest absolute Gasteiger partial charge is 0.428 e. The van der Waals surface area contributed by atoms with Gasteiger partial charge in [0.2, 0.25) is 0 Å². The minimum absolute atomic E-state index is 0.0205. The molecule has 1 unspecified atom stereocenters. The van der Waals surface area contributed by atoms with E-state index in [0.29, 0.717) is 13.2 Å². The summed E-state index contributed by atoms with van der Waals surface area (Å²) in [6.07, 6.45) is -0.429. The van der Waals surface area contributed by atoms with Crippen LogP contribution < -0.4 is 0 Å². The van der Waals surface area contributed by atoms with Crippen molar-refractivity contribution in [3.8, 4) is 0 Å². The van der Waals surface area contributed by atoms with Crippen molar-refractivity contribution in [3.63, 3.8) is 0 Å². The molecule has 1 fully saturated rings. The predicted octanol–water partition coefficient (Wildman–Crippen LogP) is -0.391. The van der Waals surface area contributed by atoms with Crippen molar-refractivity contribution in [2.45, 2.75) is 6.29 Å². The summed E-state index contributed by atoms with van der Waals surface area (Å²) in [7, 11) is 5.63. The first-order valence-electron chi connectivity index (χ1n) is 4.65. The van der Waals surface area contributed by atoms with Crippen molar-refractivity contribution >= 4 is 5.97 Å². The van der Waals surface area contributed by atoms with Gasteiger partial charge in [-0.25, -0.2) is 4.79 Å². The van der Waals surface area contributed by atoms with E-state index < -0.39 is 6.29 Å². The smallest absolute Gasteiger partial charge is 0.334 e. The number of nitrogens with zero attached hydrogens (tertiary/aromatic N) is 1. The second kappa shape index (κ2) is 4.72. The molecule has 1 aliphatic heterocycles. The van der Waals surface area contributed by atoms with Crippen LogP contribution in [-0.2, 0) is 19.0 Å². The van der Waals surface area contributed by atoms with Gasteiger partial charge in [-0.3, -0.25) is 0 Å². The lowest BCUT2D eigenvalue weighted by atomic mass is 10.4. The van der Waals surface area contributed by atoms with Gasteiger partial charge in [0.05, 0.1) is 14.1 Å². The minimum Gasteiger partial charge on any atom is -0.428 e. The summed E-state index contributed by atoms with van der Waals surface area (Å²) in [5, 5.41) is 0. The van der Waals surface area contributed by atoms with E-state index in [1.165, 1.54) is 7.11 Å². The molecular formula is C9H18NO4+. The van der Waals surface area contributed by atoms with Crippen molar-refractivity contribution < 1.29 is 23.5 Å². The molecule has 5 nitrogen and oxygen atoms in total. The Morgan fingerprint density at radius 1 is 1.57 bits per heavy atom. The van der Waals surface area contributed by atoms with Crippen molar-refractivity contribution in [1.29, 1.82) is 0 Å². The Labute approximate surface area is 84.1 Å². The second-order valence-corrected chi connectivity index (χ2v) is 4.07. The van der Waals surface area contributed by atoms with Crippen LogP contribution >= 0.6 is 0 Å². The molecule has 1 rings (SSSR count). The summed E-state index contributed by atoms with van der Waals surface area (Å²) in [5.74, 6) is -0.376. The number of morpholine rings is 1. The van der Waals surface area contributed by atoms with Crippen LogP contribution in [0.3, 0.4) is 0 Å². The number of hydrogen-bond donors (Lipinski definition) is 0. The molecule has 1 aliphatic rings. The molecule has 0 aliphatic carbocycles. The molecule has 0 radical (unpaired) electrons. The highest BCUT2D eigenvalue weighted by molar-refractivity contribution is 5.70. The van der Waals surface area contributed by atoms with Crippen LogP contribution in [0.1, 0.15) is 0 Å². The molecule has 14 heavy (non-hydrogen) atoms. The van der Waals surface area contributed by atoms with Gasteiger partial charge in [-0.05, 0) is 0 Å². The highest BCUT2D eigenvalue weighted by atomic mass is 16.7. The predicted molar refractivity (Wildman–Crippen MR) is 49.6 cm³/mol. The third-order valence-electron chi connectivity index (χ3n) is 2.17. The minimum atomic E-state index is -0.429. The maximum absolute atomic E-state index is 11.1. The van der Waals surface area contributed by atoms with E-state index in [2.05, 4.69) is 18.8 Å². The van der Waals surface area contributed by atoms with E-state index in [9.17, 15) is 4.79 Å². The number of hydrogen-bond acceptors (Lipinski definition) is 4. The normalized spacial score (nSPS) is 25.8. The lowest BCUT2D eigenvalue weighted by Crippen LogP contribution is -2.53. The van der Waals surface area contributed by atoms with E-state index in [1.54, 1.807) is 0 Å². The standard InChI is InChI=1S/C9H18NO4/c1-10(2)4-5-13-9(6-10)14-8(11)7-12-3/h9H,4-7H2,1-3H3/q+1. The Bertz CT molecular complexity index is 205. The van der Waals surface area contributed by atoms with Crippen LogP contribution in [0.25, 0.3) is 0 Å². The molecule has 0 amide bonds. The monoisotopic (exact) mass is 204 g/mol. The topological polar surface area (TPSA) is 44.8 Å². The molecule has 5 heteroatoms. The van der Waals surface area contributed by atoms with Crippen molar-refractivity contribution in [2.24, 2.45) is 0 Å². The first-order chi connectivity index (χ1) is 6.53. The number of methoxy groups -OCH3 is 1. The molecule has 0 aromatic carbocycles. The van der Waals surface area contributed by atoms with Gasteiger partial charge in [-0.15, -0.1) is 0 Å². The molecule has 1 atom stereocenters. The average Bonchev–Trinajstić information content (AvgIpc) is 2.02. The van der Waals surface area contributed by atoms with Gasteiger partial charge in [-0.1, -0.05) is 0 Å². The van der Waals surface area contributed by atoms with Crippen molar-refractivity contribution in [1.82, 2.24) is 0 Å². The van der Waals surface area contributed by atoms with Crippen LogP contribution in [0.2, 0.25) is 0 Å². The fourth-order valence-electron chi connectivity index (χ4n) is 1.35. The number of rotatable bonds is 3. The molecular weight excluding hydrogens is 186 g/mol. The van der Waals surface area contributed by atoms with Gasteiger partial charge in [0.25, 0.3) is 6.29 Å². The fraction of sp³-hybridized carbons (Fsp3) is 0.889. The summed E-state index contributed by atoms with van der Waals surface area (Å²) < 4.78 is 15.9. The fourth-order valence-corrected chi connectivity index (χ4v) is 1.35. The first kappa shape index (κ1) is 11.4. The van der Waals surface area contributed by atoms with E-state index in [4.69, 9.17) is 9.47 Å². The van der Waals surface area contributed by atoms with Crippen molar-refractivity contribution in [2.75, 3.05) is 47.5 Å². The number of quaternary nitrogens is 1. The lowest BCUT2D eigenvalue weighted by molar-refractivity contribution is -0.905. The molecule has 0 saturated carbocycles. The van der Waals surface area contributed by atoms with Crippen LogP contribution in [0.4, 0.5) is 0 Å². The maximum Gasteiger partial charge on any atom is 0.334 e. The number of ether oxygens (including phenoxy) is 3. The zero-order chi connectivity index (χ0) is 10.6. The van der Waals surface area contributed by atoms with Gasteiger partial charge < -0.3 is 18.7 Å². The first-order valence-corrected chi connectivity index (χ1v) is 4.65. The Kier molecular flexibility index (Phi) is 3.86. The van der Waals surface area contributed by atoms with Gasteiger partial charge in [-0.2, -0.15) is 0 Å². The van der Waals surface area contributed by atoms with Gasteiger partial charge in [0, 0.05) is 7.11 Å². The van der Waals surface area contributed by atoms with E-state index >= 15 is 0 Å². The molecule has 1 saturated heterocycles. The quantitative estimate of drug-likeness (QED) is 0.464. The van der Waals surface area contributed by atoms with Gasteiger partial charge >= 0.3 is 5.97 Å². The van der Waals surface area contributed by atoms with E-state index in [-0.39, 0.29) is 12.6 Å². The molecule has 0 N–H and O–H groups in total. The van der Waals surface area contributed by atoms with Crippen LogP contribution in [0.5, 0.6) is 0 Å². The van der Waals surface area contributed by atoms with E-state index in [0.717, 1.165) is 11.0 Å². The highest BCUT2D eigenvalue weighted by Crippen LogP contribution is 2.10. The Morgan fingerprint density at radius 2 is 2.29 bits per heavy atom. The SMILES string of the molecule is COCC(=O)OC1C[N+](C)(C)CCO1. The molecule has 0 aromatic heterocycles. The number of esters is 1. The molecule has 0 bridgehead atoms. The Hall–Kier alpha value is -0.650. The van der Waals surface area contributed by atoms with Gasteiger partial charge in [0.15, 0.2) is 0 Å². The summed E-state index contributed by atoms with van der Waals surface area (Å²) in [4.78, 5) is 11.1. The lowest BCUT2D eigenvalue weighted by Gasteiger charge is -2.37. The average molecular weight is 204 g/mol. The molecule has 1 heterocycles. The van der Waals surface area contributed by atoms with Gasteiger partial charge in [0.1, 0.15) is 26.3 Å². The van der Waals surface area contributed by atoms with Crippen LogP contribution in [0.15, 0.2) is 0 Å². The third-order valence-corrected chi connectivity index (χ3v) is 2.17. The number of likely N-dealkylation sites (N-methyl/N-ethyl adjacent to an activating group) is 1. The summed E-state index contributed by atoms with van der Waals surface area (Å²) in [5.41, 5.74) is 0. The Balaban J connectivity index is 2.34. The maximum atomic E-state index is 11.1. The summed E-state index contributed by atoms with van der Waals surface area (Å²) in [6.45, 7) is 2.24. The molecule has 82 valence electrons.